The summed E-state index contributed by atoms with van der Waals surface area (Å²) in [6.07, 6.45) is 0. The van der Waals surface area contributed by atoms with Gasteiger partial charge in [-0.05, 0) is 45.4 Å². The maximum Gasteiger partial charge on any atom is 0.348 e. The van der Waals surface area contributed by atoms with Gasteiger partial charge in [0.05, 0.1) is 5.52 Å². The third-order valence-corrected chi connectivity index (χ3v) is 4.89. The molecule has 0 aliphatic rings. The molecule has 0 radical (unpaired) electrons. The highest BCUT2D eigenvalue weighted by Crippen LogP contribution is 2.22. The molecular weight excluding hydrogens is 354 g/mol. The predicted octanol–water partition coefficient (Wildman–Crippen LogP) is 2.25. The van der Waals surface area contributed by atoms with Crippen molar-refractivity contribution in [3.05, 3.63) is 63.5 Å². The number of hydrogen-bond donors (Lipinski definition) is 2. The summed E-state index contributed by atoms with van der Waals surface area (Å²) in [5.41, 5.74) is 4.85. The van der Waals surface area contributed by atoms with E-state index in [1.807, 2.05) is 51.1 Å². The Hall–Kier alpha value is -3.22. The van der Waals surface area contributed by atoms with E-state index in [4.69, 9.17) is 0 Å². The second kappa shape index (κ2) is 8.21. The monoisotopic (exact) mass is 379 g/mol. The van der Waals surface area contributed by atoms with Gasteiger partial charge in [0.2, 0.25) is 5.91 Å². The molecule has 3 rings (SSSR count). The van der Waals surface area contributed by atoms with Crippen molar-refractivity contribution >= 4 is 22.5 Å². The van der Waals surface area contributed by atoms with Crippen molar-refractivity contribution in [1.82, 2.24) is 19.9 Å². The second-order valence-electron chi connectivity index (χ2n) is 6.88. The zero-order valence-electron chi connectivity index (χ0n) is 16.7. The Morgan fingerprint density at radius 1 is 1.07 bits per heavy atom. The van der Waals surface area contributed by atoms with Crippen molar-refractivity contribution in [1.29, 1.82) is 0 Å². The summed E-state index contributed by atoms with van der Waals surface area (Å²) in [5, 5.41) is 7.24. The molecule has 3 aromatic rings. The maximum absolute atomic E-state index is 12.3. The number of anilines is 1. The highest BCUT2D eigenvalue weighted by atomic mass is 16.2. The van der Waals surface area contributed by atoms with Gasteiger partial charge in [0, 0.05) is 41.2 Å². The summed E-state index contributed by atoms with van der Waals surface area (Å²) in [4.78, 5) is 32.8. The predicted molar refractivity (Wildman–Crippen MR) is 111 cm³/mol. The van der Waals surface area contributed by atoms with Crippen molar-refractivity contribution in [3.8, 4) is 0 Å². The molecule has 0 saturated carbocycles. The summed E-state index contributed by atoms with van der Waals surface area (Å²) < 4.78 is 1.41. The first-order chi connectivity index (χ1) is 13.4. The number of hydrogen-bond acceptors (Lipinski definition) is 5. The van der Waals surface area contributed by atoms with Crippen LogP contribution < -0.4 is 16.3 Å². The molecule has 7 nitrogen and oxygen atoms in total. The van der Waals surface area contributed by atoms with Crippen LogP contribution in [-0.2, 0) is 11.3 Å². The average Bonchev–Trinajstić information content (AvgIpc) is 2.66. The standard InChI is InChI=1S/C21H25N5O2/c1-13-11-19(17-7-5-6-8-18(17)24-13)22-9-10-23-20(27)12-26-16(4)14(2)15(3)25-21(26)28/h5-8,11H,9-10,12H2,1-4H3,(H,22,24)(H,23,27). The van der Waals surface area contributed by atoms with E-state index in [1.54, 1.807) is 6.92 Å². The largest absolute Gasteiger partial charge is 0.383 e. The summed E-state index contributed by atoms with van der Waals surface area (Å²) in [7, 11) is 0. The molecule has 28 heavy (non-hydrogen) atoms. The van der Waals surface area contributed by atoms with Gasteiger partial charge in [0.15, 0.2) is 0 Å². The number of nitrogens with one attached hydrogen (secondary N) is 2. The van der Waals surface area contributed by atoms with Gasteiger partial charge in [-0.2, -0.15) is 4.98 Å². The van der Waals surface area contributed by atoms with Gasteiger partial charge >= 0.3 is 5.69 Å². The molecule has 146 valence electrons. The minimum atomic E-state index is -0.396. The van der Waals surface area contributed by atoms with Crippen LogP contribution in [-0.4, -0.2) is 33.5 Å². The van der Waals surface area contributed by atoms with E-state index >= 15 is 0 Å². The zero-order chi connectivity index (χ0) is 20.3. The summed E-state index contributed by atoms with van der Waals surface area (Å²) >= 11 is 0. The molecule has 0 spiro atoms. The van der Waals surface area contributed by atoms with E-state index < -0.39 is 5.69 Å². The Labute approximate surface area is 163 Å². The minimum absolute atomic E-state index is 0.0317. The molecule has 0 unspecified atom stereocenters. The van der Waals surface area contributed by atoms with Crippen molar-refractivity contribution in [2.75, 3.05) is 18.4 Å². The van der Waals surface area contributed by atoms with Crippen LogP contribution in [0.2, 0.25) is 0 Å². The van der Waals surface area contributed by atoms with E-state index in [2.05, 4.69) is 20.6 Å². The van der Waals surface area contributed by atoms with Gasteiger partial charge in [-0.3, -0.25) is 14.3 Å². The second-order valence-corrected chi connectivity index (χ2v) is 6.88. The molecule has 2 N–H and O–H groups in total. The third-order valence-electron chi connectivity index (χ3n) is 4.89. The molecule has 0 aliphatic heterocycles. The summed E-state index contributed by atoms with van der Waals surface area (Å²) in [5.74, 6) is -0.215. The van der Waals surface area contributed by atoms with Crippen LogP contribution in [0.4, 0.5) is 5.69 Å². The van der Waals surface area contributed by atoms with Gasteiger partial charge in [-0.25, -0.2) is 4.79 Å². The molecule has 1 aromatic carbocycles. The summed E-state index contributed by atoms with van der Waals surface area (Å²) in [6, 6.07) is 9.93. The van der Waals surface area contributed by atoms with Gasteiger partial charge in [0.1, 0.15) is 6.54 Å². The van der Waals surface area contributed by atoms with Crippen LogP contribution in [0.15, 0.2) is 35.1 Å². The number of nitrogens with zero attached hydrogens (tertiary/aromatic N) is 3. The number of aromatic nitrogens is 3. The summed E-state index contributed by atoms with van der Waals surface area (Å²) in [6.45, 7) is 8.46. The molecule has 0 atom stereocenters. The first-order valence-corrected chi connectivity index (χ1v) is 9.28. The fourth-order valence-electron chi connectivity index (χ4n) is 3.13. The Morgan fingerprint density at radius 2 is 1.82 bits per heavy atom. The molecule has 0 saturated heterocycles. The van der Waals surface area contributed by atoms with Crippen LogP contribution >= 0.6 is 0 Å². The lowest BCUT2D eigenvalue weighted by atomic mass is 10.1. The van der Waals surface area contributed by atoms with Crippen molar-refractivity contribution in [2.45, 2.75) is 34.2 Å². The van der Waals surface area contributed by atoms with Crippen molar-refractivity contribution in [3.63, 3.8) is 0 Å². The normalized spacial score (nSPS) is 10.9. The van der Waals surface area contributed by atoms with Gasteiger partial charge in [0.25, 0.3) is 0 Å². The number of para-hydroxylation sites is 1. The lowest BCUT2D eigenvalue weighted by Gasteiger charge is -2.14. The van der Waals surface area contributed by atoms with E-state index in [0.29, 0.717) is 18.8 Å². The molecule has 2 heterocycles. The first-order valence-electron chi connectivity index (χ1n) is 9.28. The number of pyridine rings is 1. The van der Waals surface area contributed by atoms with E-state index in [9.17, 15) is 9.59 Å². The number of fused-ring (bicyclic) bond motifs is 1. The third kappa shape index (κ3) is 4.19. The van der Waals surface area contributed by atoms with E-state index in [-0.39, 0.29) is 12.5 Å². The van der Waals surface area contributed by atoms with E-state index in [0.717, 1.165) is 33.5 Å². The quantitative estimate of drug-likeness (QED) is 0.641. The Morgan fingerprint density at radius 3 is 2.61 bits per heavy atom. The van der Waals surface area contributed by atoms with Crippen LogP contribution in [0.5, 0.6) is 0 Å². The number of carbonyl (C=O) groups is 1. The van der Waals surface area contributed by atoms with Crippen LogP contribution in [0, 0.1) is 27.7 Å². The average molecular weight is 379 g/mol. The number of rotatable bonds is 6. The zero-order valence-corrected chi connectivity index (χ0v) is 16.7. The minimum Gasteiger partial charge on any atom is -0.383 e. The number of amides is 1. The number of carbonyl (C=O) groups excluding carboxylic acids is 1. The molecule has 2 aromatic heterocycles. The van der Waals surface area contributed by atoms with Crippen LogP contribution in [0.3, 0.4) is 0 Å². The number of benzene rings is 1. The Kier molecular flexibility index (Phi) is 5.73. The Bertz CT molecular complexity index is 1090. The first kappa shape index (κ1) is 19.5. The molecular formula is C21H25N5O2. The SMILES string of the molecule is Cc1cc(NCCNC(=O)Cn2c(C)c(C)c(C)nc2=O)c2ccccc2n1. The van der Waals surface area contributed by atoms with Crippen molar-refractivity contribution < 1.29 is 4.79 Å². The highest BCUT2D eigenvalue weighted by Gasteiger charge is 2.11. The molecule has 7 heteroatoms. The van der Waals surface area contributed by atoms with E-state index in [1.165, 1.54) is 4.57 Å². The van der Waals surface area contributed by atoms with Crippen molar-refractivity contribution in [2.24, 2.45) is 0 Å². The number of aryl methyl sites for hydroxylation is 2. The van der Waals surface area contributed by atoms with Gasteiger partial charge in [-0.1, -0.05) is 18.2 Å². The van der Waals surface area contributed by atoms with Crippen LogP contribution in [0.1, 0.15) is 22.6 Å². The smallest absolute Gasteiger partial charge is 0.348 e. The lowest BCUT2D eigenvalue weighted by molar-refractivity contribution is -0.121. The van der Waals surface area contributed by atoms with Crippen LogP contribution in [0.25, 0.3) is 10.9 Å². The fraction of sp³-hybridized carbons (Fsp3) is 0.333. The Balaban J connectivity index is 1.59. The molecule has 0 aliphatic carbocycles. The maximum atomic E-state index is 12.3. The topological polar surface area (TPSA) is 88.9 Å². The molecule has 0 fully saturated rings. The molecule has 1 amide bonds. The van der Waals surface area contributed by atoms with Gasteiger partial charge in [-0.15, -0.1) is 0 Å². The van der Waals surface area contributed by atoms with Gasteiger partial charge < -0.3 is 10.6 Å². The molecule has 0 bridgehead atoms. The highest BCUT2D eigenvalue weighted by molar-refractivity contribution is 5.91. The lowest BCUT2D eigenvalue weighted by Crippen LogP contribution is -2.37. The fourth-order valence-corrected chi connectivity index (χ4v) is 3.13.